The second-order valence-electron chi connectivity index (χ2n) is 13.3. The number of nitrogens with zero attached hydrogens (tertiary/aromatic N) is 6. The van der Waals surface area contributed by atoms with Gasteiger partial charge in [-0.05, 0) is 46.0 Å². The number of fused-ring (bicyclic) bond motifs is 2. The number of alkyl halides is 1. The largest absolute Gasteiger partial charge is 0.446 e. The fraction of sp³-hybridized carbons (Fsp3) is 0.750. The first-order valence-electron chi connectivity index (χ1n) is 14.9. The molecule has 3 unspecified atom stereocenters. The molecule has 3 saturated heterocycles. The number of carbonyl (C=O) groups excluding carboxylic acids is 2. The van der Waals surface area contributed by atoms with Gasteiger partial charge in [0.2, 0.25) is 11.9 Å². The van der Waals surface area contributed by atoms with Gasteiger partial charge in [-0.2, -0.15) is 19.6 Å². The predicted molar refractivity (Wildman–Crippen MR) is 151 cm³/mol. The molecule has 0 spiro atoms. The average molecular weight is 589 g/mol. The maximum atomic E-state index is 15.2. The summed E-state index contributed by atoms with van der Waals surface area (Å²) in [5.41, 5.74) is -0.773. The average Bonchev–Trinajstić information content (AvgIpc) is 3.25. The van der Waals surface area contributed by atoms with Gasteiger partial charge in [-0.1, -0.05) is 13.8 Å². The van der Waals surface area contributed by atoms with Crippen molar-refractivity contribution in [3.05, 3.63) is 11.8 Å². The number of piperidine rings is 1. The molecule has 6 rings (SSSR count). The van der Waals surface area contributed by atoms with Crippen LogP contribution in [0.2, 0.25) is 0 Å². The molecule has 1 saturated carbocycles. The highest BCUT2D eigenvalue weighted by atomic mass is 19.1. The minimum atomic E-state index is -1.81. The van der Waals surface area contributed by atoms with Crippen molar-refractivity contribution in [3.8, 4) is 0 Å². The van der Waals surface area contributed by atoms with Gasteiger partial charge < -0.3 is 29.7 Å². The molecule has 14 heteroatoms. The SMILES string of the molecule is CC(C)c1cnn2c(NC3CCCCN3C(=O)OCC3(F)CN(C(=O)OC(C)(C)C)C3)nc(NC3C4COCC43)nc12. The van der Waals surface area contributed by atoms with Crippen molar-refractivity contribution in [2.24, 2.45) is 11.8 Å². The zero-order chi connectivity index (χ0) is 29.8. The van der Waals surface area contributed by atoms with E-state index in [-0.39, 0.29) is 25.0 Å². The van der Waals surface area contributed by atoms with Crippen LogP contribution in [0.4, 0.5) is 25.9 Å². The number of nitrogens with one attached hydrogen (secondary N) is 2. The van der Waals surface area contributed by atoms with Crippen LogP contribution in [0.1, 0.15) is 65.4 Å². The predicted octanol–water partition coefficient (Wildman–Crippen LogP) is 3.62. The lowest BCUT2D eigenvalue weighted by Gasteiger charge is -2.44. The monoisotopic (exact) mass is 588 g/mol. The maximum Gasteiger partial charge on any atom is 0.411 e. The Labute approximate surface area is 244 Å². The van der Waals surface area contributed by atoms with Crippen molar-refractivity contribution >= 4 is 29.7 Å². The Kier molecular flexibility index (Phi) is 7.30. The topological polar surface area (TPSA) is 135 Å². The Hall–Kier alpha value is -3.42. The molecule has 42 heavy (non-hydrogen) atoms. The summed E-state index contributed by atoms with van der Waals surface area (Å²) in [6.45, 7) is 10.6. The zero-order valence-corrected chi connectivity index (χ0v) is 24.9. The van der Waals surface area contributed by atoms with E-state index in [1.807, 2.05) is 0 Å². The molecule has 3 atom stereocenters. The molecule has 4 fully saturated rings. The summed E-state index contributed by atoms with van der Waals surface area (Å²) in [5, 5.41) is 11.4. The third-order valence-corrected chi connectivity index (χ3v) is 8.35. The van der Waals surface area contributed by atoms with Crippen LogP contribution in [-0.2, 0) is 14.2 Å². The van der Waals surface area contributed by atoms with Crippen LogP contribution in [0.15, 0.2) is 6.20 Å². The molecule has 5 heterocycles. The van der Waals surface area contributed by atoms with E-state index in [1.165, 1.54) is 4.90 Å². The first-order valence-corrected chi connectivity index (χ1v) is 14.9. The summed E-state index contributed by atoms with van der Waals surface area (Å²) < 4.78 is 33.1. The Morgan fingerprint density at radius 3 is 2.57 bits per heavy atom. The molecule has 3 aliphatic heterocycles. The van der Waals surface area contributed by atoms with E-state index in [9.17, 15) is 9.59 Å². The van der Waals surface area contributed by atoms with Gasteiger partial charge in [0.05, 0.1) is 32.5 Å². The van der Waals surface area contributed by atoms with Crippen LogP contribution in [0.25, 0.3) is 5.65 Å². The highest BCUT2D eigenvalue weighted by Crippen LogP contribution is 2.45. The number of hydrogen-bond acceptors (Lipinski definition) is 10. The van der Waals surface area contributed by atoms with Crippen LogP contribution in [0.3, 0.4) is 0 Å². The molecule has 4 aliphatic rings. The van der Waals surface area contributed by atoms with Gasteiger partial charge in [0.1, 0.15) is 18.4 Å². The molecular formula is C28H41FN8O5. The molecule has 2 amide bonds. The zero-order valence-electron chi connectivity index (χ0n) is 24.9. The van der Waals surface area contributed by atoms with E-state index >= 15 is 4.39 Å². The number of aromatic nitrogens is 4. The second kappa shape index (κ2) is 10.7. The van der Waals surface area contributed by atoms with Gasteiger partial charge >= 0.3 is 12.2 Å². The first-order chi connectivity index (χ1) is 19.9. The van der Waals surface area contributed by atoms with E-state index in [0.29, 0.717) is 42.3 Å². The molecule has 0 bridgehead atoms. The Bertz CT molecular complexity index is 1330. The first kappa shape index (κ1) is 28.7. The van der Waals surface area contributed by atoms with E-state index in [2.05, 4.69) is 29.6 Å². The third kappa shape index (κ3) is 5.77. The number of hydrogen-bond donors (Lipinski definition) is 2. The van der Waals surface area contributed by atoms with Crippen LogP contribution in [-0.4, -0.2) is 105 Å². The Morgan fingerprint density at radius 1 is 1.14 bits per heavy atom. The fourth-order valence-electron chi connectivity index (χ4n) is 5.97. The molecule has 0 radical (unpaired) electrons. The van der Waals surface area contributed by atoms with Crippen molar-refractivity contribution in [2.75, 3.05) is 50.1 Å². The van der Waals surface area contributed by atoms with Crippen molar-refractivity contribution < 1.29 is 28.2 Å². The van der Waals surface area contributed by atoms with Crippen molar-refractivity contribution in [2.45, 2.75) is 83.3 Å². The van der Waals surface area contributed by atoms with Crippen molar-refractivity contribution in [1.29, 1.82) is 0 Å². The number of rotatable bonds is 7. The Morgan fingerprint density at radius 2 is 1.88 bits per heavy atom. The van der Waals surface area contributed by atoms with Gasteiger partial charge in [-0.15, -0.1) is 0 Å². The standard InChI is InChI=1S/C28H41FN8O5/c1-16(2)17-10-30-37-22(17)33-23(32-21-18-11-40-12-19(18)21)34-24(37)31-20-8-6-7-9-36(20)26(39)41-15-28(29)13-35(14-28)25(38)42-27(3,4)5/h10,16,18-21H,6-9,11-15H2,1-5H3,(H2,31,32,33,34). The Balaban J connectivity index is 1.13. The highest BCUT2D eigenvalue weighted by molar-refractivity contribution is 5.70. The molecule has 2 aromatic rings. The quantitative estimate of drug-likeness (QED) is 0.494. The van der Waals surface area contributed by atoms with Gasteiger partial charge in [-0.25, -0.2) is 14.0 Å². The van der Waals surface area contributed by atoms with E-state index < -0.39 is 36.2 Å². The molecule has 13 nitrogen and oxygen atoms in total. The van der Waals surface area contributed by atoms with Gasteiger partial charge in [0.15, 0.2) is 11.3 Å². The smallest absolute Gasteiger partial charge is 0.411 e. The van der Waals surface area contributed by atoms with Gasteiger partial charge in [0.25, 0.3) is 0 Å². The van der Waals surface area contributed by atoms with Gasteiger partial charge in [-0.3, -0.25) is 4.90 Å². The summed E-state index contributed by atoms with van der Waals surface area (Å²) in [7, 11) is 0. The summed E-state index contributed by atoms with van der Waals surface area (Å²) in [4.78, 5) is 37.8. The molecule has 230 valence electrons. The second-order valence-corrected chi connectivity index (χ2v) is 13.3. The number of amides is 2. The third-order valence-electron chi connectivity index (χ3n) is 8.35. The van der Waals surface area contributed by atoms with Crippen molar-refractivity contribution in [1.82, 2.24) is 29.4 Å². The van der Waals surface area contributed by atoms with E-state index in [4.69, 9.17) is 24.2 Å². The normalized spacial score (nSPS) is 26.5. The minimum Gasteiger partial charge on any atom is -0.446 e. The molecule has 1 aliphatic carbocycles. The fourth-order valence-corrected chi connectivity index (χ4v) is 5.97. The molecular weight excluding hydrogens is 547 g/mol. The van der Waals surface area contributed by atoms with Gasteiger partial charge in [0, 0.05) is 30.0 Å². The maximum absolute atomic E-state index is 15.2. The number of likely N-dealkylation sites (tertiary alicyclic amines) is 2. The molecule has 2 N–H and O–H groups in total. The summed E-state index contributed by atoms with van der Waals surface area (Å²) in [6, 6.07) is 0.284. The highest BCUT2D eigenvalue weighted by Gasteiger charge is 2.54. The minimum absolute atomic E-state index is 0.183. The van der Waals surface area contributed by atoms with Crippen LogP contribution in [0, 0.1) is 11.8 Å². The van der Waals surface area contributed by atoms with Crippen LogP contribution in [0.5, 0.6) is 0 Å². The number of ether oxygens (including phenoxy) is 3. The summed E-state index contributed by atoms with van der Waals surface area (Å²) >= 11 is 0. The summed E-state index contributed by atoms with van der Waals surface area (Å²) in [5.74, 6) is 2.14. The molecule has 0 aromatic carbocycles. The summed E-state index contributed by atoms with van der Waals surface area (Å²) in [6.07, 6.45) is 2.56. The van der Waals surface area contributed by atoms with E-state index in [0.717, 1.165) is 31.6 Å². The lowest BCUT2D eigenvalue weighted by molar-refractivity contribution is -0.0792. The number of halogens is 1. The number of anilines is 2. The lowest BCUT2D eigenvalue weighted by atomic mass is 9.98. The lowest BCUT2D eigenvalue weighted by Crippen LogP contribution is -2.64. The van der Waals surface area contributed by atoms with Crippen LogP contribution < -0.4 is 10.6 Å². The van der Waals surface area contributed by atoms with Crippen molar-refractivity contribution in [3.63, 3.8) is 0 Å². The van der Waals surface area contributed by atoms with Crippen LogP contribution >= 0.6 is 0 Å². The molecule has 2 aromatic heterocycles. The van der Waals surface area contributed by atoms with E-state index in [1.54, 1.807) is 36.4 Å². The number of carbonyl (C=O) groups is 2.